The largest absolute Gasteiger partial charge is 0.496 e. The Morgan fingerprint density at radius 2 is 1.84 bits per heavy atom. The Morgan fingerprint density at radius 1 is 1.07 bits per heavy atom. The molecule has 3 aromatic rings. The van der Waals surface area contributed by atoms with Crippen molar-refractivity contribution in [1.82, 2.24) is 9.47 Å². The maximum atomic E-state index is 13.1. The second kappa shape index (κ2) is 12.6. The highest BCUT2D eigenvalue weighted by Crippen LogP contribution is 2.40. The van der Waals surface area contributed by atoms with Crippen LogP contribution in [0.3, 0.4) is 0 Å². The van der Waals surface area contributed by atoms with Gasteiger partial charge in [-0.2, -0.15) is 0 Å². The Kier molecular flexibility index (Phi) is 9.04. The highest BCUT2D eigenvalue weighted by atomic mass is 16.6. The number of hydrogen-bond acceptors (Lipinski definition) is 8. The SMILES string of the molecule is CNc1cc(C2CC(OCC3CC3)CCN2Cc2c(OC)cc(C)c3c2ccn3C(=O)OC(C)(C)C)ccc1C(=O)OC. The van der Waals surface area contributed by atoms with Crippen LogP contribution >= 0.6 is 0 Å². The molecule has 5 rings (SSSR count). The first kappa shape index (κ1) is 30.9. The van der Waals surface area contributed by atoms with Crippen LogP contribution in [-0.2, 0) is 20.8 Å². The van der Waals surface area contributed by atoms with Gasteiger partial charge in [-0.3, -0.25) is 9.47 Å². The minimum Gasteiger partial charge on any atom is -0.496 e. The zero-order chi connectivity index (χ0) is 30.9. The van der Waals surface area contributed by atoms with E-state index in [1.807, 2.05) is 65.1 Å². The number of carbonyl (C=O) groups excluding carboxylic acids is 2. The predicted octanol–water partition coefficient (Wildman–Crippen LogP) is 6.70. The molecule has 232 valence electrons. The second-order valence-electron chi connectivity index (χ2n) is 12.8. The topological polar surface area (TPSA) is 91.3 Å². The molecular formula is C34H45N3O6. The van der Waals surface area contributed by atoms with Crippen LogP contribution in [0.4, 0.5) is 10.5 Å². The number of piperidine rings is 1. The second-order valence-corrected chi connectivity index (χ2v) is 12.8. The molecule has 0 radical (unpaired) electrons. The van der Waals surface area contributed by atoms with Gasteiger partial charge in [-0.05, 0) is 94.7 Å². The van der Waals surface area contributed by atoms with E-state index in [9.17, 15) is 9.59 Å². The van der Waals surface area contributed by atoms with Crippen molar-refractivity contribution in [2.45, 2.75) is 77.7 Å². The number of hydrogen-bond donors (Lipinski definition) is 1. The number of aromatic nitrogens is 1. The van der Waals surface area contributed by atoms with Gasteiger partial charge in [0.15, 0.2) is 0 Å². The number of benzene rings is 2. The number of likely N-dealkylation sites (tertiary alicyclic amines) is 1. The molecule has 1 aromatic heterocycles. The predicted molar refractivity (Wildman–Crippen MR) is 167 cm³/mol. The van der Waals surface area contributed by atoms with Crippen LogP contribution in [0, 0.1) is 12.8 Å². The number of anilines is 1. The quantitative estimate of drug-likeness (QED) is 0.275. The lowest BCUT2D eigenvalue weighted by molar-refractivity contribution is -0.0229. The Labute approximate surface area is 254 Å². The lowest BCUT2D eigenvalue weighted by Gasteiger charge is -2.40. The molecule has 2 aliphatic rings. The lowest BCUT2D eigenvalue weighted by atomic mass is 9.91. The summed E-state index contributed by atoms with van der Waals surface area (Å²) in [5.41, 5.74) is 4.51. The Morgan fingerprint density at radius 3 is 2.49 bits per heavy atom. The molecule has 9 heteroatoms. The van der Waals surface area contributed by atoms with E-state index < -0.39 is 11.7 Å². The van der Waals surface area contributed by atoms with Gasteiger partial charge in [0.1, 0.15) is 11.4 Å². The molecule has 2 aromatic carbocycles. The minimum atomic E-state index is -0.606. The van der Waals surface area contributed by atoms with Crippen molar-refractivity contribution in [1.29, 1.82) is 0 Å². The van der Waals surface area contributed by atoms with E-state index in [0.717, 1.165) is 65.0 Å². The van der Waals surface area contributed by atoms with Gasteiger partial charge < -0.3 is 24.3 Å². The highest BCUT2D eigenvalue weighted by molar-refractivity contribution is 5.96. The highest BCUT2D eigenvalue weighted by Gasteiger charge is 2.34. The van der Waals surface area contributed by atoms with Crippen LogP contribution in [0.2, 0.25) is 0 Å². The molecule has 1 N–H and O–H groups in total. The van der Waals surface area contributed by atoms with E-state index in [0.29, 0.717) is 18.0 Å². The van der Waals surface area contributed by atoms with E-state index in [1.54, 1.807) is 17.9 Å². The fraction of sp³-hybridized carbons (Fsp3) is 0.529. The first-order valence-electron chi connectivity index (χ1n) is 15.2. The standard InChI is InChI=1S/C34H45N3O6/c1-21-16-30(40-6)27(25-13-15-37(31(21)25)33(39)43-34(2,3)4)19-36-14-12-24(42-20-22-8-9-22)18-29(36)23-10-11-26(32(38)41-7)28(17-23)35-5/h10-11,13,15-17,22,24,29,35H,8-9,12,14,18-20H2,1-7H3. The molecule has 0 bridgehead atoms. The molecule has 1 aliphatic heterocycles. The molecule has 1 saturated carbocycles. The van der Waals surface area contributed by atoms with Gasteiger partial charge >= 0.3 is 12.1 Å². The maximum Gasteiger partial charge on any atom is 0.419 e. The molecule has 1 aliphatic carbocycles. The average molecular weight is 592 g/mol. The van der Waals surface area contributed by atoms with Crippen LogP contribution in [0.1, 0.15) is 79.5 Å². The zero-order valence-electron chi connectivity index (χ0n) is 26.5. The molecule has 2 fully saturated rings. The summed E-state index contributed by atoms with van der Waals surface area (Å²) < 4.78 is 24.6. The third kappa shape index (κ3) is 6.83. The number of ether oxygens (including phenoxy) is 4. The summed E-state index contributed by atoms with van der Waals surface area (Å²) in [6, 6.07) is 9.94. The van der Waals surface area contributed by atoms with Crippen molar-refractivity contribution < 1.29 is 28.5 Å². The number of methoxy groups -OCH3 is 2. The number of rotatable bonds is 9. The number of nitrogens with zero attached hydrogens (tertiary/aromatic N) is 2. The molecular weight excluding hydrogens is 546 g/mol. The summed E-state index contributed by atoms with van der Waals surface area (Å²) in [5, 5.41) is 4.14. The van der Waals surface area contributed by atoms with Gasteiger partial charge in [-0.25, -0.2) is 9.59 Å². The molecule has 9 nitrogen and oxygen atoms in total. The number of nitrogens with one attached hydrogen (secondary N) is 1. The van der Waals surface area contributed by atoms with Gasteiger partial charge in [-0.15, -0.1) is 0 Å². The normalized spacial score (nSPS) is 19.3. The number of carbonyl (C=O) groups is 2. The monoisotopic (exact) mass is 591 g/mol. The molecule has 43 heavy (non-hydrogen) atoms. The lowest BCUT2D eigenvalue weighted by Crippen LogP contribution is -2.39. The Bertz CT molecular complexity index is 1490. The van der Waals surface area contributed by atoms with Crippen LogP contribution < -0.4 is 10.1 Å². The van der Waals surface area contributed by atoms with E-state index in [-0.39, 0.29) is 18.1 Å². The summed E-state index contributed by atoms with van der Waals surface area (Å²) in [6.45, 7) is 9.87. The van der Waals surface area contributed by atoms with Crippen LogP contribution in [-0.4, -0.2) is 67.7 Å². The van der Waals surface area contributed by atoms with E-state index >= 15 is 0 Å². The summed E-state index contributed by atoms with van der Waals surface area (Å²) in [4.78, 5) is 28.0. The van der Waals surface area contributed by atoms with Crippen LogP contribution in [0.5, 0.6) is 5.75 Å². The Balaban J connectivity index is 1.51. The smallest absolute Gasteiger partial charge is 0.419 e. The van der Waals surface area contributed by atoms with E-state index in [2.05, 4.69) is 10.2 Å². The molecule has 2 heterocycles. The average Bonchev–Trinajstić information content (AvgIpc) is 3.70. The molecule has 2 unspecified atom stereocenters. The summed E-state index contributed by atoms with van der Waals surface area (Å²) in [5.74, 6) is 1.11. The third-order valence-electron chi connectivity index (χ3n) is 8.43. The molecule has 2 atom stereocenters. The molecule has 1 saturated heterocycles. The van der Waals surface area contributed by atoms with Crippen molar-refractivity contribution >= 4 is 28.7 Å². The van der Waals surface area contributed by atoms with Gasteiger partial charge in [0, 0.05) is 55.6 Å². The van der Waals surface area contributed by atoms with Crippen molar-refractivity contribution in [2.24, 2.45) is 5.92 Å². The number of esters is 1. The third-order valence-corrected chi connectivity index (χ3v) is 8.43. The van der Waals surface area contributed by atoms with Gasteiger partial charge in [0.05, 0.1) is 31.4 Å². The summed E-state index contributed by atoms with van der Waals surface area (Å²) >= 11 is 0. The Hall–Kier alpha value is -3.56. The van der Waals surface area contributed by atoms with Crippen molar-refractivity contribution in [2.75, 3.05) is 39.7 Å². The summed E-state index contributed by atoms with van der Waals surface area (Å²) in [6.07, 6.45) is 5.83. The zero-order valence-corrected chi connectivity index (χ0v) is 26.5. The maximum absolute atomic E-state index is 13.1. The van der Waals surface area contributed by atoms with E-state index in [4.69, 9.17) is 18.9 Å². The molecule has 0 spiro atoms. The number of aryl methyl sites for hydroxylation is 1. The first-order valence-corrected chi connectivity index (χ1v) is 15.2. The fourth-order valence-corrected chi connectivity index (χ4v) is 6.06. The van der Waals surface area contributed by atoms with Crippen LogP contribution in [0.25, 0.3) is 10.9 Å². The van der Waals surface area contributed by atoms with Crippen LogP contribution in [0.15, 0.2) is 36.5 Å². The fourth-order valence-electron chi connectivity index (χ4n) is 6.06. The number of fused-ring (bicyclic) bond motifs is 1. The summed E-state index contributed by atoms with van der Waals surface area (Å²) in [7, 11) is 4.90. The van der Waals surface area contributed by atoms with Crippen molar-refractivity contribution in [3.05, 3.63) is 58.8 Å². The van der Waals surface area contributed by atoms with Gasteiger partial charge in [0.2, 0.25) is 0 Å². The van der Waals surface area contributed by atoms with Gasteiger partial charge in [0.25, 0.3) is 0 Å². The minimum absolute atomic E-state index is 0.0470. The van der Waals surface area contributed by atoms with Gasteiger partial charge in [-0.1, -0.05) is 6.07 Å². The van der Waals surface area contributed by atoms with Crippen molar-refractivity contribution in [3.63, 3.8) is 0 Å². The van der Waals surface area contributed by atoms with Crippen molar-refractivity contribution in [3.8, 4) is 5.75 Å². The molecule has 0 amide bonds. The van der Waals surface area contributed by atoms with E-state index in [1.165, 1.54) is 20.0 Å². The first-order chi connectivity index (χ1) is 20.5.